The van der Waals surface area contributed by atoms with Crippen molar-refractivity contribution in [1.82, 2.24) is 0 Å². The van der Waals surface area contributed by atoms with E-state index in [9.17, 15) is 19.8 Å². The second-order valence-electron chi connectivity index (χ2n) is 9.34. The molecular weight excluding hydrogens is 536 g/mol. The van der Waals surface area contributed by atoms with Crippen molar-refractivity contribution in [3.8, 4) is 0 Å². The van der Waals surface area contributed by atoms with E-state index in [1.807, 2.05) is 60.7 Å². The van der Waals surface area contributed by atoms with Crippen molar-refractivity contribution in [3.63, 3.8) is 0 Å². The van der Waals surface area contributed by atoms with Crippen LogP contribution >= 0.6 is 23.5 Å². The highest BCUT2D eigenvalue weighted by molar-refractivity contribution is 7.99. The van der Waals surface area contributed by atoms with Crippen molar-refractivity contribution >= 4 is 35.5 Å². The summed E-state index contributed by atoms with van der Waals surface area (Å²) in [5.41, 5.74) is 2.36. The molecule has 0 bridgehead atoms. The van der Waals surface area contributed by atoms with Gasteiger partial charge in [0.25, 0.3) is 0 Å². The Balaban J connectivity index is 1.55. The smallest absolute Gasteiger partial charge is 0.307 e. The zero-order valence-corrected chi connectivity index (χ0v) is 24.5. The topological polar surface area (TPSA) is 102 Å². The molecule has 0 spiro atoms. The summed E-state index contributed by atoms with van der Waals surface area (Å²) < 4.78 is 17.0. The molecule has 2 rings (SSSR count). The van der Waals surface area contributed by atoms with Gasteiger partial charge in [0.1, 0.15) is 0 Å². The fourth-order valence-corrected chi connectivity index (χ4v) is 6.30. The first kappa shape index (κ1) is 33.2. The summed E-state index contributed by atoms with van der Waals surface area (Å²) in [6, 6.07) is 20.1. The molecule has 4 unspecified atom stereocenters. The van der Waals surface area contributed by atoms with Gasteiger partial charge in [-0.1, -0.05) is 74.5 Å². The normalized spacial score (nSPS) is 14.4. The van der Waals surface area contributed by atoms with Gasteiger partial charge in [0, 0.05) is 35.2 Å². The van der Waals surface area contributed by atoms with E-state index in [0.29, 0.717) is 52.5 Å². The number of aliphatic carboxylic acids is 2. The molecule has 0 aromatic heterocycles. The van der Waals surface area contributed by atoms with Crippen LogP contribution in [-0.2, 0) is 35.3 Å². The minimum absolute atomic E-state index is 0.0319. The monoisotopic (exact) mass is 578 g/mol. The van der Waals surface area contributed by atoms with Gasteiger partial charge < -0.3 is 24.4 Å². The number of benzene rings is 2. The predicted octanol–water partition coefficient (Wildman–Crippen LogP) is 5.86. The van der Waals surface area contributed by atoms with Gasteiger partial charge in [-0.25, -0.2) is 0 Å². The molecule has 7 nitrogen and oxygen atoms in total. The molecule has 2 N–H and O–H groups in total. The SMILES string of the molecule is CC(C(=O)O)C(CCOCCOCCOCCC(SCc1ccccc1)C(C)C(=O)O)SCc1ccccc1. The lowest BCUT2D eigenvalue weighted by atomic mass is 10.1. The maximum Gasteiger partial charge on any atom is 0.307 e. The summed E-state index contributed by atoms with van der Waals surface area (Å²) in [5.74, 6) is -0.942. The zero-order chi connectivity index (χ0) is 28.3. The molecule has 0 saturated carbocycles. The summed E-state index contributed by atoms with van der Waals surface area (Å²) >= 11 is 3.31. The van der Waals surface area contributed by atoms with Gasteiger partial charge in [0.15, 0.2) is 0 Å². The number of ether oxygens (including phenoxy) is 3. The molecule has 39 heavy (non-hydrogen) atoms. The van der Waals surface area contributed by atoms with Crippen molar-refractivity contribution in [2.75, 3.05) is 39.6 Å². The van der Waals surface area contributed by atoms with Gasteiger partial charge >= 0.3 is 11.9 Å². The molecule has 0 aliphatic rings. The van der Waals surface area contributed by atoms with Crippen molar-refractivity contribution in [2.45, 2.75) is 48.7 Å². The highest BCUT2D eigenvalue weighted by Crippen LogP contribution is 2.28. The first-order valence-electron chi connectivity index (χ1n) is 13.4. The fourth-order valence-electron chi connectivity index (χ4n) is 3.77. The molecule has 9 heteroatoms. The molecule has 2 aromatic carbocycles. The number of hydrogen-bond donors (Lipinski definition) is 2. The molecule has 0 radical (unpaired) electrons. The van der Waals surface area contributed by atoms with Crippen LogP contribution in [0.2, 0.25) is 0 Å². The molecule has 0 aliphatic heterocycles. The Kier molecular flexibility index (Phi) is 16.9. The molecule has 0 amide bonds. The Labute approximate surface area is 241 Å². The van der Waals surface area contributed by atoms with Gasteiger partial charge in [-0.3, -0.25) is 9.59 Å². The van der Waals surface area contributed by atoms with Crippen LogP contribution in [0.1, 0.15) is 37.8 Å². The highest BCUT2D eigenvalue weighted by Gasteiger charge is 2.25. The van der Waals surface area contributed by atoms with Crippen LogP contribution < -0.4 is 0 Å². The van der Waals surface area contributed by atoms with E-state index in [2.05, 4.69) is 0 Å². The van der Waals surface area contributed by atoms with Crippen LogP contribution in [0.15, 0.2) is 60.7 Å². The maximum absolute atomic E-state index is 11.5. The van der Waals surface area contributed by atoms with Crippen molar-refractivity contribution in [3.05, 3.63) is 71.8 Å². The molecule has 0 saturated heterocycles. The Bertz CT molecular complexity index is 854. The lowest BCUT2D eigenvalue weighted by molar-refractivity contribution is -0.142. The van der Waals surface area contributed by atoms with Crippen molar-refractivity contribution in [2.24, 2.45) is 11.8 Å². The molecule has 0 aliphatic carbocycles. The van der Waals surface area contributed by atoms with Crippen LogP contribution in [0.25, 0.3) is 0 Å². The van der Waals surface area contributed by atoms with E-state index in [0.717, 1.165) is 11.5 Å². The number of thioether (sulfide) groups is 2. The number of carbonyl (C=O) groups is 2. The molecule has 216 valence electrons. The third-order valence-corrected chi connectivity index (χ3v) is 9.49. The maximum atomic E-state index is 11.5. The van der Waals surface area contributed by atoms with Gasteiger partial charge in [-0.05, 0) is 24.0 Å². The summed E-state index contributed by atoms with van der Waals surface area (Å²) in [4.78, 5) is 23.0. The third-order valence-electron chi connectivity index (χ3n) is 6.35. The third kappa shape index (κ3) is 14.2. The van der Waals surface area contributed by atoms with Gasteiger partial charge in [0.05, 0.1) is 38.3 Å². The van der Waals surface area contributed by atoms with E-state index < -0.39 is 23.8 Å². The van der Waals surface area contributed by atoms with Gasteiger partial charge in [-0.15, -0.1) is 0 Å². The van der Waals surface area contributed by atoms with Crippen LogP contribution in [0.5, 0.6) is 0 Å². The molecular formula is C30H42O7S2. The van der Waals surface area contributed by atoms with E-state index in [-0.39, 0.29) is 10.5 Å². The zero-order valence-electron chi connectivity index (χ0n) is 22.9. The Morgan fingerprint density at radius 1 is 0.615 bits per heavy atom. The highest BCUT2D eigenvalue weighted by atomic mass is 32.2. The number of rotatable bonds is 22. The standard InChI is InChI=1S/C30H42O7S2/c1-23(29(31)32)27(38-21-25-9-5-3-6-10-25)13-15-35-17-19-37-20-18-36-16-14-28(24(2)30(33)34)39-22-26-11-7-4-8-12-26/h3-12,23-24,27-28H,13-22H2,1-2H3,(H,31,32)(H,33,34). The van der Waals surface area contributed by atoms with E-state index in [1.54, 1.807) is 37.4 Å². The summed E-state index contributed by atoms with van der Waals surface area (Å²) in [5, 5.41) is 18.8. The lowest BCUT2D eigenvalue weighted by Crippen LogP contribution is -2.25. The van der Waals surface area contributed by atoms with E-state index in [1.165, 1.54) is 11.1 Å². The summed E-state index contributed by atoms with van der Waals surface area (Å²) in [6.45, 7) is 6.21. The largest absolute Gasteiger partial charge is 0.481 e. The number of carboxylic acid groups (broad SMARTS) is 2. The Morgan fingerprint density at radius 2 is 0.949 bits per heavy atom. The first-order chi connectivity index (χ1) is 18.9. The average Bonchev–Trinajstić information content (AvgIpc) is 2.95. The van der Waals surface area contributed by atoms with Crippen molar-refractivity contribution in [1.29, 1.82) is 0 Å². The second-order valence-corrected chi connectivity index (χ2v) is 11.8. The number of hydrogen-bond acceptors (Lipinski definition) is 7. The Hall–Kier alpha value is -2.04. The van der Waals surface area contributed by atoms with Crippen molar-refractivity contribution < 1.29 is 34.0 Å². The quantitative estimate of drug-likeness (QED) is 0.166. The fraction of sp³-hybridized carbons (Fsp3) is 0.533. The molecule has 4 atom stereocenters. The molecule has 0 fully saturated rings. The van der Waals surface area contributed by atoms with Gasteiger partial charge in [0.2, 0.25) is 0 Å². The summed E-state index contributed by atoms with van der Waals surface area (Å²) in [7, 11) is 0. The second kappa shape index (κ2) is 19.9. The van der Waals surface area contributed by atoms with Crippen LogP contribution in [0, 0.1) is 11.8 Å². The minimum atomic E-state index is -0.789. The van der Waals surface area contributed by atoms with E-state index >= 15 is 0 Å². The van der Waals surface area contributed by atoms with E-state index in [4.69, 9.17) is 14.2 Å². The lowest BCUT2D eigenvalue weighted by Gasteiger charge is -2.21. The minimum Gasteiger partial charge on any atom is -0.481 e. The van der Waals surface area contributed by atoms with Crippen LogP contribution in [0.4, 0.5) is 0 Å². The average molecular weight is 579 g/mol. The predicted molar refractivity (Wildman–Crippen MR) is 158 cm³/mol. The number of carboxylic acids is 2. The molecule has 0 heterocycles. The van der Waals surface area contributed by atoms with Crippen LogP contribution in [0.3, 0.4) is 0 Å². The molecule has 2 aromatic rings. The van der Waals surface area contributed by atoms with Crippen LogP contribution in [-0.4, -0.2) is 72.3 Å². The Morgan fingerprint density at radius 3 is 1.28 bits per heavy atom. The van der Waals surface area contributed by atoms with Gasteiger partial charge in [-0.2, -0.15) is 23.5 Å². The summed E-state index contributed by atoms with van der Waals surface area (Å²) in [6.07, 6.45) is 1.32. The first-order valence-corrected chi connectivity index (χ1v) is 15.5.